The van der Waals surface area contributed by atoms with Crippen molar-refractivity contribution in [3.63, 3.8) is 0 Å². The van der Waals surface area contributed by atoms with E-state index in [1.165, 1.54) is 5.57 Å². The van der Waals surface area contributed by atoms with Crippen LogP contribution in [-0.2, 0) is 19.1 Å². The average molecular weight is 445 g/mol. The molecule has 1 heterocycles. The Kier molecular flexibility index (Phi) is 8.37. The van der Waals surface area contributed by atoms with E-state index in [-0.39, 0.29) is 42.4 Å². The molecular formula is C27H40O5. The van der Waals surface area contributed by atoms with Crippen molar-refractivity contribution in [1.82, 2.24) is 0 Å². The molecule has 0 radical (unpaired) electrons. The smallest absolute Gasteiger partial charge is 0.312 e. The van der Waals surface area contributed by atoms with Crippen LogP contribution in [0.15, 0.2) is 36.5 Å². The molecule has 3 aliphatic rings. The van der Waals surface area contributed by atoms with Crippen molar-refractivity contribution in [2.45, 2.75) is 96.9 Å². The Bertz CT molecular complexity index is 747. The first kappa shape index (κ1) is 24.8. The molecule has 6 atom stereocenters. The van der Waals surface area contributed by atoms with Crippen LogP contribution in [0.5, 0.6) is 0 Å². The van der Waals surface area contributed by atoms with E-state index in [4.69, 9.17) is 9.47 Å². The molecule has 1 aliphatic heterocycles. The number of hydrogen-bond acceptors (Lipinski definition) is 5. The highest BCUT2D eigenvalue weighted by atomic mass is 16.6. The van der Waals surface area contributed by atoms with Crippen molar-refractivity contribution >= 4 is 11.9 Å². The maximum Gasteiger partial charge on any atom is 0.312 e. The first-order valence-corrected chi connectivity index (χ1v) is 12.4. The molecule has 3 rings (SSSR count). The minimum absolute atomic E-state index is 0.0892. The highest BCUT2D eigenvalue weighted by Crippen LogP contribution is 2.45. The molecule has 178 valence electrons. The normalized spacial score (nSPS) is 31.2. The van der Waals surface area contributed by atoms with Crippen molar-refractivity contribution < 1.29 is 24.2 Å². The predicted molar refractivity (Wildman–Crippen MR) is 125 cm³/mol. The van der Waals surface area contributed by atoms with Gasteiger partial charge in [0.1, 0.15) is 12.2 Å². The van der Waals surface area contributed by atoms with E-state index in [9.17, 15) is 14.7 Å². The zero-order valence-corrected chi connectivity index (χ0v) is 19.9. The minimum atomic E-state index is -0.611. The minimum Gasteiger partial charge on any atom is -0.462 e. The fourth-order valence-electron chi connectivity index (χ4n) is 5.92. The molecule has 2 aliphatic carbocycles. The second kappa shape index (κ2) is 10.8. The summed E-state index contributed by atoms with van der Waals surface area (Å²) >= 11 is 0. The van der Waals surface area contributed by atoms with Crippen molar-refractivity contribution in [3.05, 3.63) is 36.5 Å². The van der Waals surface area contributed by atoms with E-state index in [0.717, 1.165) is 38.5 Å². The molecule has 1 fully saturated rings. The standard InChI is InChI=1S/C27H40O5/c1-5-14-27(6-2,7-3)26(30)32-23-13-9-11-19-10-8-12-22(25(19)23)18(4)15-21-16-20(28)17-24(29)31-21/h5,8,10-11,18,20-23,25,28H,1,6-7,9,12-17H2,2-4H3/t18-,20+,21+,22-,23-,25-/m0/s1. The molecule has 0 amide bonds. The monoisotopic (exact) mass is 444 g/mol. The summed E-state index contributed by atoms with van der Waals surface area (Å²) in [6.07, 6.45) is 13.6. The third-order valence-corrected chi connectivity index (χ3v) is 7.98. The third kappa shape index (κ3) is 5.36. The van der Waals surface area contributed by atoms with E-state index in [1.807, 2.05) is 6.08 Å². The first-order valence-electron chi connectivity index (χ1n) is 12.4. The van der Waals surface area contributed by atoms with E-state index < -0.39 is 11.5 Å². The number of cyclic esters (lactones) is 1. The van der Waals surface area contributed by atoms with Crippen LogP contribution >= 0.6 is 0 Å². The summed E-state index contributed by atoms with van der Waals surface area (Å²) in [5.41, 5.74) is 0.765. The maximum atomic E-state index is 13.3. The summed E-state index contributed by atoms with van der Waals surface area (Å²) in [6, 6.07) is 0. The van der Waals surface area contributed by atoms with E-state index in [0.29, 0.717) is 18.8 Å². The van der Waals surface area contributed by atoms with E-state index in [1.54, 1.807) is 0 Å². The largest absolute Gasteiger partial charge is 0.462 e. The van der Waals surface area contributed by atoms with Crippen molar-refractivity contribution in [2.75, 3.05) is 0 Å². The summed E-state index contributed by atoms with van der Waals surface area (Å²) in [5, 5.41) is 9.98. The molecule has 32 heavy (non-hydrogen) atoms. The van der Waals surface area contributed by atoms with Gasteiger partial charge in [0.05, 0.1) is 17.9 Å². The van der Waals surface area contributed by atoms with Gasteiger partial charge >= 0.3 is 11.9 Å². The van der Waals surface area contributed by atoms with Crippen LogP contribution in [0.2, 0.25) is 0 Å². The zero-order chi connectivity index (χ0) is 23.3. The topological polar surface area (TPSA) is 72.8 Å². The number of rotatable bonds is 9. The molecule has 0 bridgehead atoms. The summed E-state index contributed by atoms with van der Waals surface area (Å²) < 4.78 is 11.8. The number of aliphatic hydroxyl groups is 1. The van der Waals surface area contributed by atoms with Gasteiger partial charge in [0.15, 0.2) is 0 Å². The van der Waals surface area contributed by atoms with Gasteiger partial charge in [-0.3, -0.25) is 9.59 Å². The molecule has 5 nitrogen and oxygen atoms in total. The number of carbonyl (C=O) groups excluding carboxylic acids is 2. The van der Waals surface area contributed by atoms with Gasteiger partial charge in [-0.05, 0) is 62.4 Å². The predicted octanol–water partition coefficient (Wildman–Crippen LogP) is 5.29. The molecule has 0 unspecified atom stereocenters. The molecule has 0 aromatic heterocycles. The van der Waals surface area contributed by atoms with Gasteiger partial charge in [0, 0.05) is 12.3 Å². The number of aliphatic hydroxyl groups excluding tert-OH is 1. The summed E-state index contributed by atoms with van der Waals surface area (Å²) in [4.78, 5) is 25.1. The molecule has 5 heteroatoms. The van der Waals surface area contributed by atoms with Crippen LogP contribution < -0.4 is 0 Å². The van der Waals surface area contributed by atoms with Crippen LogP contribution in [0.3, 0.4) is 0 Å². The Morgan fingerprint density at radius 3 is 2.81 bits per heavy atom. The van der Waals surface area contributed by atoms with Gasteiger partial charge in [-0.2, -0.15) is 0 Å². The fraction of sp³-hybridized carbons (Fsp3) is 0.704. The molecule has 0 saturated carbocycles. The Hall–Kier alpha value is -1.88. The molecule has 1 N–H and O–H groups in total. The first-order chi connectivity index (χ1) is 15.3. The molecular weight excluding hydrogens is 404 g/mol. The van der Waals surface area contributed by atoms with E-state index >= 15 is 0 Å². The van der Waals surface area contributed by atoms with Crippen molar-refractivity contribution in [1.29, 1.82) is 0 Å². The van der Waals surface area contributed by atoms with Crippen LogP contribution in [0.1, 0.15) is 78.6 Å². The van der Waals surface area contributed by atoms with Crippen LogP contribution in [-0.4, -0.2) is 35.4 Å². The Balaban J connectivity index is 1.76. The second-order valence-corrected chi connectivity index (χ2v) is 9.95. The van der Waals surface area contributed by atoms with Gasteiger partial charge in [0.2, 0.25) is 0 Å². The average Bonchev–Trinajstić information content (AvgIpc) is 2.76. The third-order valence-electron chi connectivity index (χ3n) is 7.98. The molecule has 0 aromatic carbocycles. The quantitative estimate of drug-likeness (QED) is 0.387. The highest BCUT2D eigenvalue weighted by Gasteiger charge is 2.43. The van der Waals surface area contributed by atoms with Gasteiger partial charge in [-0.25, -0.2) is 0 Å². The zero-order valence-electron chi connectivity index (χ0n) is 19.9. The van der Waals surface area contributed by atoms with Crippen LogP contribution in [0.25, 0.3) is 0 Å². The number of hydrogen-bond donors (Lipinski definition) is 1. The van der Waals surface area contributed by atoms with Gasteiger partial charge in [0.25, 0.3) is 0 Å². The summed E-state index contributed by atoms with van der Waals surface area (Å²) in [7, 11) is 0. The van der Waals surface area contributed by atoms with Crippen molar-refractivity contribution in [2.24, 2.45) is 23.2 Å². The number of esters is 2. The molecule has 0 aromatic rings. The van der Waals surface area contributed by atoms with Gasteiger partial charge in [-0.15, -0.1) is 6.58 Å². The Labute approximate surface area is 192 Å². The Morgan fingerprint density at radius 1 is 1.41 bits per heavy atom. The van der Waals surface area contributed by atoms with Crippen LogP contribution in [0.4, 0.5) is 0 Å². The summed E-state index contributed by atoms with van der Waals surface area (Å²) in [6.45, 7) is 10.2. The number of ether oxygens (including phenoxy) is 2. The van der Waals surface area contributed by atoms with Crippen molar-refractivity contribution in [3.8, 4) is 0 Å². The lowest BCUT2D eigenvalue weighted by atomic mass is 9.66. The lowest BCUT2D eigenvalue weighted by Crippen LogP contribution is -2.43. The second-order valence-electron chi connectivity index (χ2n) is 9.95. The van der Waals surface area contributed by atoms with Crippen LogP contribution in [0, 0.1) is 23.2 Å². The lowest BCUT2D eigenvalue weighted by molar-refractivity contribution is -0.168. The SMILES string of the molecule is C=CCC(CC)(CC)C(=O)O[C@H]1CCC=C2C=CC[C@@H]([C@@H](C)C[C@@H]3C[C@@H](O)CC(=O)O3)[C@H]21. The van der Waals surface area contributed by atoms with Gasteiger partial charge in [-0.1, -0.05) is 45.1 Å². The summed E-state index contributed by atoms with van der Waals surface area (Å²) in [5.74, 6) is 0.323. The number of fused-ring (bicyclic) bond motifs is 1. The molecule has 1 saturated heterocycles. The van der Waals surface area contributed by atoms with E-state index in [2.05, 4.69) is 45.6 Å². The maximum absolute atomic E-state index is 13.3. The highest BCUT2D eigenvalue weighted by molar-refractivity contribution is 5.77. The van der Waals surface area contributed by atoms with Gasteiger partial charge < -0.3 is 14.6 Å². The fourth-order valence-corrected chi connectivity index (χ4v) is 5.92. The number of carbonyl (C=O) groups is 2. The number of allylic oxidation sites excluding steroid dienone is 4. The lowest BCUT2D eigenvalue weighted by Gasteiger charge is -2.43. The Morgan fingerprint density at radius 2 is 2.16 bits per heavy atom. The molecule has 0 spiro atoms.